The van der Waals surface area contributed by atoms with Gasteiger partial charge in [0.15, 0.2) is 0 Å². The molecule has 2 atom stereocenters. The van der Waals surface area contributed by atoms with Gasteiger partial charge in [-0.3, -0.25) is 9.59 Å². The van der Waals surface area contributed by atoms with Crippen molar-refractivity contribution in [1.82, 2.24) is 10.6 Å². The van der Waals surface area contributed by atoms with Crippen LogP contribution in [0.3, 0.4) is 0 Å². The highest BCUT2D eigenvalue weighted by atomic mass is 16.3. The van der Waals surface area contributed by atoms with Gasteiger partial charge in [-0.1, -0.05) is 119 Å². The molecule has 4 N–H and O–H groups in total. The topological polar surface area (TPSA) is 98.7 Å². The average Bonchev–Trinajstić information content (AvgIpc) is 3.04. The van der Waals surface area contributed by atoms with E-state index in [0.29, 0.717) is 38.5 Å². The third-order valence-electron chi connectivity index (χ3n) is 10.4. The minimum Gasteiger partial charge on any atom is -0.387 e. The molecule has 0 aromatic heterocycles. The Hall–Kier alpha value is -3.74. The second-order valence-corrected chi connectivity index (χ2v) is 12.5. The largest absolute Gasteiger partial charge is 0.387 e. The molecule has 1 saturated carbocycles. The lowest BCUT2D eigenvalue weighted by atomic mass is 9.66. The number of hydrogen-bond donors (Lipinski definition) is 4. The number of benzene rings is 4. The number of carbonyl (C=O) groups is 2. The van der Waals surface area contributed by atoms with Crippen LogP contribution < -0.4 is 10.6 Å². The number of carbonyl (C=O) groups excluding carboxylic acids is 2. The van der Waals surface area contributed by atoms with Crippen LogP contribution in [-0.4, -0.2) is 33.2 Å². The van der Waals surface area contributed by atoms with Crippen molar-refractivity contribution in [2.24, 2.45) is 5.41 Å². The van der Waals surface area contributed by atoms with Gasteiger partial charge in [-0.05, 0) is 71.2 Å². The first-order valence-electron chi connectivity index (χ1n) is 16.2. The lowest BCUT2D eigenvalue weighted by Crippen LogP contribution is -2.60. The van der Waals surface area contributed by atoms with E-state index in [0.717, 1.165) is 39.1 Å². The molecule has 5 rings (SSSR count). The summed E-state index contributed by atoms with van der Waals surface area (Å²) in [6.45, 7) is 7.69. The van der Waals surface area contributed by atoms with Crippen molar-refractivity contribution in [3.05, 3.63) is 96.1 Å². The number of amides is 2. The van der Waals surface area contributed by atoms with Crippen LogP contribution >= 0.6 is 0 Å². The number of nitrogens with one attached hydrogen (secondary N) is 2. The number of aliphatic hydroxyl groups is 2. The van der Waals surface area contributed by atoms with Crippen molar-refractivity contribution < 1.29 is 19.8 Å². The van der Waals surface area contributed by atoms with Crippen LogP contribution in [0.2, 0.25) is 0 Å². The quantitative estimate of drug-likeness (QED) is 0.130. The van der Waals surface area contributed by atoms with E-state index in [9.17, 15) is 19.8 Å². The zero-order valence-corrected chi connectivity index (χ0v) is 26.4. The van der Waals surface area contributed by atoms with Crippen molar-refractivity contribution in [3.63, 3.8) is 0 Å². The van der Waals surface area contributed by atoms with Gasteiger partial charge in [0.2, 0.25) is 11.8 Å². The molecule has 1 aliphatic rings. The molecule has 4 aromatic rings. The van der Waals surface area contributed by atoms with E-state index in [4.69, 9.17) is 0 Å². The van der Waals surface area contributed by atoms with Gasteiger partial charge < -0.3 is 20.8 Å². The zero-order valence-electron chi connectivity index (χ0n) is 26.4. The van der Waals surface area contributed by atoms with Gasteiger partial charge in [-0.15, -0.1) is 0 Å². The Kier molecular flexibility index (Phi) is 9.15. The van der Waals surface area contributed by atoms with Crippen LogP contribution in [0.25, 0.3) is 21.5 Å². The van der Waals surface area contributed by atoms with E-state index < -0.39 is 28.7 Å². The predicted molar refractivity (Wildman–Crippen MR) is 177 cm³/mol. The molecular weight excluding hydrogens is 548 g/mol. The van der Waals surface area contributed by atoms with Crippen molar-refractivity contribution in [2.45, 2.75) is 95.9 Å². The molecule has 0 unspecified atom stereocenters. The third-order valence-corrected chi connectivity index (χ3v) is 10.4. The van der Waals surface area contributed by atoms with Gasteiger partial charge in [-0.2, -0.15) is 0 Å². The second-order valence-electron chi connectivity index (χ2n) is 12.5. The predicted octanol–water partition coefficient (Wildman–Crippen LogP) is 7.28. The third kappa shape index (κ3) is 5.50. The van der Waals surface area contributed by atoms with Crippen molar-refractivity contribution >= 4 is 33.4 Å². The van der Waals surface area contributed by atoms with Crippen molar-refractivity contribution in [1.29, 1.82) is 0 Å². The fourth-order valence-electron chi connectivity index (χ4n) is 6.95. The Bertz CT molecular complexity index is 1510. The van der Waals surface area contributed by atoms with Crippen LogP contribution in [-0.2, 0) is 9.59 Å². The lowest BCUT2D eigenvalue weighted by molar-refractivity contribution is -0.153. The first-order chi connectivity index (χ1) is 21.2. The van der Waals surface area contributed by atoms with E-state index in [1.807, 2.05) is 113 Å². The molecule has 0 heterocycles. The minimum absolute atomic E-state index is 0.382. The molecule has 4 aromatic carbocycles. The number of rotatable bonds is 12. The Balaban J connectivity index is 1.52. The molecule has 1 aliphatic carbocycles. The van der Waals surface area contributed by atoms with Crippen molar-refractivity contribution in [2.75, 3.05) is 0 Å². The fourth-order valence-corrected chi connectivity index (χ4v) is 6.95. The molecule has 2 amide bonds. The van der Waals surface area contributed by atoms with Crippen LogP contribution in [0.1, 0.15) is 95.9 Å². The Labute approximate surface area is 260 Å². The number of hydrogen-bond acceptors (Lipinski definition) is 4. The summed E-state index contributed by atoms with van der Waals surface area (Å²) in [7, 11) is 0. The summed E-state index contributed by atoms with van der Waals surface area (Å²) < 4.78 is 0. The lowest BCUT2D eigenvalue weighted by Gasteiger charge is -2.44. The molecule has 44 heavy (non-hydrogen) atoms. The average molecular weight is 595 g/mol. The highest BCUT2D eigenvalue weighted by Crippen LogP contribution is 2.45. The summed E-state index contributed by atoms with van der Waals surface area (Å²) in [4.78, 5) is 28.7. The highest BCUT2D eigenvalue weighted by molar-refractivity contribution is 6.06. The van der Waals surface area contributed by atoms with E-state index in [-0.39, 0.29) is 11.8 Å². The fraction of sp³-hybridized carbons (Fsp3) is 0.421. The van der Waals surface area contributed by atoms with E-state index in [1.54, 1.807) is 0 Å². The monoisotopic (exact) mass is 594 g/mol. The first-order valence-corrected chi connectivity index (χ1v) is 16.2. The summed E-state index contributed by atoms with van der Waals surface area (Å²) in [6.07, 6.45) is 3.28. The molecule has 232 valence electrons. The highest BCUT2D eigenvalue weighted by Gasteiger charge is 2.54. The van der Waals surface area contributed by atoms with Gasteiger partial charge in [0.25, 0.3) is 0 Å². The summed E-state index contributed by atoms with van der Waals surface area (Å²) in [6, 6.07) is 26.3. The zero-order chi connectivity index (χ0) is 31.5. The van der Waals surface area contributed by atoms with Crippen LogP contribution in [0.4, 0.5) is 0 Å². The molecule has 6 nitrogen and oxygen atoms in total. The molecule has 6 heteroatoms. The second kappa shape index (κ2) is 12.7. The van der Waals surface area contributed by atoms with Crippen molar-refractivity contribution in [3.8, 4) is 0 Å². The van der Waals surface area contributed by atoms with Gasteiger partial charge in [0.05, 0.1) is 23.3 Å². The molecule has 0 aliphatic heterocycles. The smallest absolute Gasteiger partial charge is 0.236 e. The normalized spacial score (nSPS) is 16.2. The SMILES string of the molecule is CCC(O)(CC)[C@@H](NC(=O)C1(C(=O)N[C@@H](c2cccc3ccccc23)C(O)(CC)CC)CCC1)c1cccc2ccccc12. The maximum Gasteiger partial charge on any atom is 0.236 e. The Morgan fingerprint density at radius 2 is 1.00 bits per heavy atom. The molecule has 0 bridgehead atoms. The Morgan fingerprint density at radius 1 is 0.636 bits per heavy atom. The summed E-state index contributed by atoms with van der Waals surface area (Å²) in [5.41, 5.74) is -2.06. The molecule has 0 radical (unpaired) electrons. The molecule has 0 spiro atoms. The van der Waals surface area contributed by atoms with Gasteiger partial charge in [0.1, 0.15) is 5.41 Å². The van der Waals surface area contributed by atoms with Gasteiger partial charge in [-0.25, -0.2) is 0 Å². The molecule has 1 fully saturated rings. The maximum absolute atomic E-state index is 14.4. The molecular formula is C38H46N2O4. The van der Waals surface area contributed by atoms with Crippen LogP contribution in [0.5, 0.6) is 0 Å². The summed E-state index contributed by atoms with van der Waals surface area (Å²) in [5.74, 6) is -0.763. The van der Waals surface area contributed by atoms with Crippen LogP contribution in [0, 0.1) is 5.41 Å². The first kappa shape index (κ1) is 31.7. The van der Waals surface area contributed by atoms with Gasteiger partial charge >= 0.3 is 0 Å². The standard InChI is InChI=1S/C38H46N2O4/c1-5-37(43,6-2)32(30-22-13-18-26-16-9-11-20-28(26)30)39-34(41)36(24-15-25-36)35(42)40-33(38(44,7-3)8-4)31-23-14-19-27-17-10-12-21-29(27)31/h9-14,16-23,32-33,43-44H,5-8,15,24-25H2,1-4H3,(H,39,41)(H,40,42)/t32-,33-/m0/s1. The summed E-state index contributed by atoms with van der Waals surface area (Å²) in [5, 5.41) is 34.1. The minimum atomic E-state index is -1.30. The van der Waals surface area contributed by atoms with E-state index in [1.165, 1.54) is 0 Å². The van der Waals surface area contributed by atoms with Gasteiger partial charge in [0, 0.05) is 0 Å². The van der Waals surface area contributed by atoms with E-state index >= 15 is 0 Å². The van der Waals surface area contributed by atoms with E-state index in [2.05, 4.69) is 10.6 Å². The summed E-state index contributed by atoms with van der Waals surface area (Å²) >= 11 is 0. The van der Waals surface area contributed by atoms with Crippen LogP contribution in [0.15, 0.2) is 84.9 Å². The number of fused-ring (bicyclic) bond motifs is 2. The maximum atomic E-state index is 14.4. The Morgan fingerprint density at radius 3 is 1.34 bits per heavy atom. The molecule has 0 saturated heterocycles.